The molecule has 0 atom stereocenters. The zero-order valence-electron chi connectivity index (χ0n) is 24.9. The summed E-state index contributed by atoms with van der Waals surface area (Å²) in [4.78, 5) is 5.26. The molecule has 10 rings (SSSR count). The lowest BCUT2D eigenvalue weighted by molar-refractivity contribution is 1.11. The molecule has 0 N–H and O–H groups in total. The van der Waals surface area contributed by atoms with E-state index >= 15 is 0 Å². The Labute approximate surface area is 265 Å². The minimum Gasteiger partial charge on any atom is -0.309 e. The maximum atomic E-state index is 5.26. The smallest absolute Gasteiger partial charge is 0.145 e. The molecule has 2 aromatic heterocycles. The Bertz CT molecular complexity index is 2790. The first-order valence-electron chi connectivity index (χ1n) is 15.7. The van der Waals surface area contributed by atoms with Gasteiger partial charge in [0.05, 0.1) is 22.1 Å². The van der Waals surface area contributed by atoms with Gasteiger partial charge in [-0.15, -0.1) is 0 Å². The lowest BCUT2D eigenvalue weighted by atomic mass is 9.99. The van der Waals surface area contributed by atoms with Crippen molar-refractivity contribution in [2.24, 2.45) is 0 Å². The second-order valence-corrected chi connectivity index (χ2v) is 12.0. The monoisotopic (exact) mass is 585 g/mol. The number of benzene rings is 8. The van der Waals surface area contributed by atoms with Gasteiger partial charge in [0.15, 0.2) is 0 Å². The molecule has 10 aromatic rings. The third kappa shape index (κ3) is 3.63. The first-order chi connectivity index (χ1) is 22.8. The fourth-order valence-corrected chi connectivity index (χ4v) is 7.37. The van der Waals surface area contributed by atoms with Crippen LogP contribution in [-0.4, -0.2) is 14.1 Å². The average Bonchev–Trinajstić information content (AvgIpc) is 3.67. The first-order valence-corrected chi connectivity index (χ1v) is 15.7. The number of imidazole rings is 1. The average molecular weight is 586 g/mol. The Morgan fingerprint density at radius 1 is 0.391 bits per heavy atom. The summed E-state index contributed by atoms with van der Waals surface area (Å²) in [5, 5.41) is 9.85. The van der Waals surface area contributed by atoms with Crippen molar-refractivity contribution in [2.45, 2.75) is 0 Å². The van der Waals surface area contributed by atoms with Crippen LogP contribution in [0.1, 0.15) is 0 Å². The minimum atomic E-state index is 0.941. The summed E-state index contributed by atoms with van der Waals surface area (Å²) < 4.78 is 4.77. The summed E-state index contributed by atoms with van der Waals surface area (Å²) >= 11 is 0. The van der Waals surface area contributed by atoms with E-state index in [-0.39, 0.29) is 0 Å². The number of aromatic nitrogens is 3. The third-order valence-electron chi connectivity index (χ3n) is 9.44. The summed E-state index contributed by atoms with van der Waals surface area (Å²) in [6.07, 6.45) is 0. The number of fused-ring (bicyclic) bond motifs is 9. The van der Waals surface area contributed by atoms with Gasteiger partial charge in [-0.3, -0.25) is 4.57 Å². The second-order valence-electron chi connectivity index (χ2n) is 12.0. The Kier molecular flexibility index (Phi) is 5.28. The maximum absolute atomic E-state index is 5.26. The summed E-state index contributed by atoms with van der Waals surface area (Å²) in [5.41, 5.74) is 7.86. The molecule has 0 unspecified atom stereocenters. The zero-order chi connectivity index (χ0) is 30.2. The summed E-state index contributed by atoms with van der Waals surface area (Å²) in [5.74, 6) is 0.941. The van der Waals surface area contributed by atoms with E-state index in [2.05, 4.69) is 173 Å². The molecule has 0 aliphatic rings. The van der Waals surface area contributed by atoms with Crippen LogP contribution >= 0.6 is 0 Å². The Balaban J connectivity index is 1.34. The first kappa shape index (κ1) is 25.2. The molecule has 0 aliphatic carbocycles. The molecule has 0 aliphatic heterocycles. The SMILES string of the molecule is c1ccc(-c2nc3ccc4ccc5ccc(-n6c7ccccc7c7cc8ccccc8cc76)cc5c4c3n2-c2ccccc2)cc1. The zero-order valence-corrected chi connectivity index (χ0v) is 24.9. The highest BCUT2D eigenvalue weighted by atomic mass is 15.1. The molecular formula is C43H27N3. The molecule has 0 bridgehead atoms. The van der Waals surface area contributed by atoms with E-state index in [0.29, 0.717) is 0 Å². The number of rotatable bonds is 3. The van der Waals surface area contributed by atoms with Crippen molar-refractivity contribution >= 4 is 65.2 Å². The molecule has 8 aromatic carbocycles. The molecule has 0 spiro atoms. The standard InChI is InChI=1S/C43H27N3/c1-3-11-30(12-4-1)43-44-38-24-22-29-20-19-28-21-23-34(27-36(28)41(29)42(38)46(43)33-15-5-2-6-16-33)45-39-18-10-9-17-35(39)37-25-31-13-7-8-14-32(31)26-40(37)45/h1-27H. The van der Waals surface area contributed by atoms with Crippen LogP contribution in [0.25, 0.3) is 87.9 Å². The lowest BCUT2D eigenvalue weighted by Crippen LogP contribution is -1.98. The molecule has 3 heteroatoms. The van der Waals surface area contributed by atoms with Gasteiger partial charge in [-0.2, -0.15) is 0 Å². The van der Waals surface area contributed by atoms with Gasteiger partial charge >= 0.3 is 0 Å². The topological polar surface area (TPSA) is 22.8 Å². The van der Waals surface area contributed by atoms with Gasteiger partial charge in [0.25, 0.3) is 0 Å². The molecular weight excluding hydrogens is 558 g/mol. The number of para-hydroxylation sites is 2. The highest BCUT2D eigenvalue weighted by molar-refractivity contribution is 6.20. The molecule has 2 heterocycles. The van der Waals surface area contributed by atoms with Crippen LogP contribution in [-0.2, 0) is 0 Å². The predicted octanol–water partition coefficient (Wildman–Crippen LogP) is 11.2. The van der Waals surface area contributed by atoms with E-state index < -0.39 is 0 Å². The minimum absolute atomic E-state index is 0.941. The largest absolute Gasteiger partial charge is 0.309 e. The van der Waals surface area contributed by atoms with Crippen LogP contribution in [0.4, 0.5) is 0 Å². The molecule has 3 nitrogen and oxygen atoms in total. The van der Waals surface area contributed by atoms with Gasteiger partial charge in [0.2, 0.25) is 0 Å². The molecule has 0 saturated carbocycles. The summed E-state index contributed by atoms with van der Waals surface area (Å²) in [7, 11) is 0. The van der Waals surface area contributed by atoms with E-state index in [9.17, 15) is 0 Å². The van der Waals surface area contributed by atoms with Crippen LogP contribution < -0.4 is 0 Å². The van der Waals surface area contributed by atoms with Crippen LogP contribution in [0.15, 0.2) is 164 Å². The molecule has 46 heavy (non-hydrogen) atoms. The Morgan fingerprint density at radius 2 is 1.07 bits per heavy atom. The van der Waals surface area contributed by atoms with Gasteiger partial charge in [-0.25, -0.2) is 4.98 Å². The number of nitrogens with zero attached hydrogens (tertiary/aromatic N) is 3. The molecule has 0 radical (unpaired) electrons. The van der Waals surface area contributed by atoms with Crippen LogP contribution in [0.2, 0.25) is 0 Å². The highest BCUT2D eigenvalue weighted by Crippen LogP contribution is 2.39. The van der Waals surface area contributed by atoms with E-state index in [4.69, 9.17) is 4.98 Å². The van der Waals surface area contributed by atoms with Crippen molar-refractivity contribution in [3.8, 4) is 22.8 Å². The number of hydrogen-bond donors (Lipinski definition) is 0. The Morgan fingerprint density at radius 3 is 1.91 bits per heavy atom. The van der Waals surface area contributed by atoms with Gasteiger partial charge < -0.3 is 4.57 Å². The quantitative estimate of drug-likeness (QED) is 0.189. The predicted molar refractivity (Wildman–Crippen MR) is 193 cm³/mol. The van der Waals surface area contributed by atoms with Crippen LogP contribution in [0.3, 0.4) is 0 Å². The summed E-state index contributed by atoms with van der Waals surface area (Å²) in [6.45, 7) is 0. The Hall–Kier alpha value is -6.19. The van der Waals surface area contributed by atoms with Gasteiger partial charge in [-0.1, -0.05) is 115 Å². The van der Waals surface area contributed by atoms with Crippen LogP contribution in [0.5, 0.6) is 0 Å². The third-order valence-corrected chi connectivity index (χ3v) is 9.44. The molecule has 214 valence electrons. The van der Waals surface area contributed by atoms with Crippen molar-refractivity contribution in [3.63, 3.8) is 0 Å². The van der Waals surface area contributed by atoms with Gasteiger partial charge in [0, 0.05) is 33.1 Å². The van der Waals surface area contributed by atoms with Crippen molar-refractivity contribution in [1.29, 1.82) is 0 Å². The number of hydrogen-bond acceptors (Lipinski definition) is 1. The van der Waals surface area contributed by atoms with Gasteiger partial charge in [0.1, 0.15) is 5.82 Å². The van der Waals surface area contributed by atoms with E-state index in [0.717, 1.165) is 33.8 Å². The molecule has 0 amide bonds. The van der Waals surface area contributed by atoms with Crippen LogP contribution in [0, 0.1) is 0 Å². The highest BCUT2D eigenvalue weighted by Gasteiger charge is 2.19. The fraction of sp³-hybridized carbons (Fsp3) is 0. The normalized spacial score (nSPS) is 11.9. The molecule has 0 fully saturated rings. The van der Waals surface area contributed by atoms with E-state index in [1.807, 2.05) is 0 Å². The second kappa shape index (κ2) is 9.65. The molecule has 0 saturated heterocycles. The maximum Gasteiger partial charge on any atom is 0.145 e. The van der Waals surface area contributed by atoms with Crippen molar-refractivity contribution in [2.75, 3.05) is 0 Å². The summed E-state index contributed by atoms with van der Waals surface area (Å²) in [6, 6.07) is 59.0. The van der Waals surface area contributed by atoms with Crippen molar-refractivity contribution < 1.29 is 0 Å². The fourth-order valence-electron chi connectivity index (χ4n) is 7.37. The van der Waals surface area contributed by atoms with Gasteiger partial charge in [-0.05, 0) is 75.5 Å². The lowest BCUT2D eigenvalue weighted by Gasteiger charge is -2.14. The van der Waals surface area contributed by atoms with Crippen molar-refractivity contribution in [1.82, 2.24) is 14.1 Å². The van der Waals surface area contributed by atoms with E-state index in [1.165, 1.54) is 54.1 Å². The van der Waals surface area contributed by atoms with Crippen molar-refractivity contribution in [3.05, 3.63) is 164 Å². The van der Waals surface area contributed by atoms with E-state index in [1.54, 1.807) is 0 Å².